The monoisotopic (exact) mass is 299 g/mol. The van der Waals surface area contributed by atoms with Gasteiger partial charge in [0, 0.05) is 11.3 Å². The van der Waals surface area contributed by atoms with Gasteiger partial charge < -0.3 is 19.9 Å². The summed E-state index contributed by atoms with van der Waals surface area (Å²) in [5.41, 5.74) is 6.99. The Balaban J connectivity index is 2.25. The quantitative estimate of drug-likeness (QED) is 0.848. The zero-order chi connectivity index (χ0) is 14.7. The maximum absolute atomic E-state index is 11.9. The molecule has 1 aliphatic heterocycles. The van der Waals surface area contributed by atoms with E-state index in [2.05, 4.69) is 0 Å². The average Bonchev–Trinajstić information content (AvgIpc) is 2.74. The van der Waals surface area contributed by atoms with Crippen molar-refractivity contribution in [2.75, 3.05) is 18.9 Å². The van der Waals surface area contributed by atoms with Crippen molar-refractivity contribution in [1.82, 2.24) is 0 Å². The highest BCUT2D eigenvalue weighted by molar-refractivity contribution is 7.16. The van der Waals surface area contributed by atoms with Crippen LogP contribution < -0.4 is 5.73 Å². The van der Waals surface area contributed by atoms with E-state index >= 15 is 0 Å². The van der Waals surface area contributed by atoms with Crippen LogP contribution in [0.1, 0.15) is 34.6 Å². The molecule has 0 spiro atoms. The first-order valence-electron chi connectivity index (χ1n) is 6.43. The molecule has 1 atom stereocenters. The van der Waals surface area contributed by atoms with Crippen LogP contribution in [0.5, 0.6) is 0 Å². The molecule has 1 aromatic heterocycles. The summed E-state index contributed by atoms with van der Waals surface area (Å²) in [7, 11) is 0. The largest absolute Gasteiger partial charge is 0.464 e. The van der Waals surface area contributed by atoms with Crippen molar-refractivity contribution >= 4 is 28.3 Å². The van der Waals surface area contributed by atoms with Crippen molar-refractivity contribution in [3.8, 4) is 0 Å². The van der Waals surface area contributed by atoms with E-state index in [4.69, 9.17) is 19.9 Å². The van der Waals surface area contributed by atoms with Crippen molar-refractivity contribution in [3.05, 3.63) is 16.0 Å². The fraction of sp³-hybridized carbons (Fsp3) is 0.538. The van der Waals surface area contributed by atoms with E-state index in [-0.39, 0.29) is 19.6 Å². The molecule has 1 aliphatic rings. The van der Waals surface area contributed by atoms with Crippen LogP contribution in [0.15, 0.2) is 0 Å². The lowest BCUT2D eigenvalue weighted by Gasteiger charge is -2.21. The normalized spacial score (nSPS) is 17.4. The second-order valence-electron chi connectivity index (χ2n) is 4.22. The lowest BCUT2D eigenvalue weighted by Crippen LogP contribution is -2.32. The Morgan fingerprint density at radius 2 is 2.05 bits per heavy atom. The van der Waals surface area contributed by atoms with Crippen LogP contribution in [0.2, 0.25) is 0 Å². The van der Waals surface area contributed by atoms with Crippen LogP contribution in [0.4, 0.5) is 5.00 Å². The summed E-state index contributed by atoms with van der Waals surface area (Å²) in [6.45, 7) is 4.30. The molecule has 20 heavy (non-hydrogen) atoms. The van der Waals surface area contributed by atoms with Crippen molar-refractivity contribution in [2.24, 2.45) is 0 Å². The molecule has 2 N–H and O–H groups in total. The Kier molecular flexibility index (Phi) is 4.61. The molecular weight excluding hydrogens is 282 g/mol. The summed E-state index contributed by atoms with van der Waals surface area (Å²) in [5, 5.41) is 0.404. The molecule has 1 unspecified atom stereocenters. The van der Waals surface area contributed by atoms with Gasteiger partial charge in [0.1, 0.15) is 5.00 Å². The predicted octanol–water partition coefficient (Wildman–Crippen LogP) is 1.51. The molecule has 2 heterocycles. The van der Waals surface area contributed by atoms with Crippen LogP contribution in [-0.2, 0) is 32.0 Å². The van der Waals surface area contributed by atoms with Crippen LogP contribution in [0.3, 0.4) is 0 Å². The van der Waals surface area contributed by atoms with Crippen molar-refractivity contribution in [3.63, 3.8) is 0 Å². The highest BCUT2D eigenvalue weighted by Crippen LogP contribution is 2.36. The molecule has 0 radical (unpaired) electrons. The topological polar surface area (TPSA) is 87.9 Å². The van der Waals surface area contributed by atoms with Crippen LogP contribution in [-0.4, -0.2) is 31.3 Å². The van der Waals surface area contributed by atoms with Crippen molar-refractivity contribution in [2.45, 2.75) is 33.0 Å². The number of esters is 2. The number of hydrogen-bond acceptors (Lipinski definition) is 7. The second kappa shape index (κ2) is 6.23. The number of anilines is 1. The minimum atomic E-state index is -0.690. The van der Waals surface area contributed by atoms with E-state index in [0.29, 0.717) is 17.2 Å². The van der Waals surface area contributed by atoms with E-state index in [9.17, 15) is 9.59 Å². The number of nitrogen functional groups attached to an aromatic ring is 1. The van der Waals surface area contributed by atoms with Gasteiger partial charge in [-0.05, 0) is 19.4 Å². The fourth-order valence-corrected chi connectivity index (χ4v) is 3.11. The first-order valence-corrected chi connectivity index (χ1v) is 7.25. The number of hydrogen-bond donors (Lipinski definition) is 1. The maximum Gasteiger partial charge on any atom is 0.341 e. The van der Waals surface area contributed by atoms with Gasteiger partial charge in [0.25, 0.3) is 0 Å². The summed E-state index contributed by atoms with van der Waals surface area (Å²) in [4.78, 5) is 24.5. The molecule has 0 aliphatic carbocycles. The first kappa shape index (κ1) is 14.8. The van der Waals surface area contributed by atoms with E-state index < -0.39 is 18.0 Å². The molecule has 0 aromatic carbocycles. The number of carbonyl (C=O) groups excluding carboxylic acids is 2. The molecule has 1 aromatic rings. The predicted molar refractivity (Wildman–Crippen MR) is 73.6 cm³/mol. The highest BCUT2D eigenvalue weighted by Gasteiger charge is 2.33. The van der Waals surface area contributed by atoms with E-state index in [1.54, 1.807) is 13.8 Å². The zero-order valence-electron chi connectivity index (χ0n) is 11.4. The van der Waals surface area contributed by atoms with Gasteiger partial charge in [-0.15, -0.1) is 11.3 Å². The van der Waals surface area contributed by atoms with Gasteiger partial charge in [0.15, 0.2) is 6.10 Å². The Bertz CT molecular complexity index is 525. The van der Waals surface area contributed by atoms with E-state index in [1.165, 1.54) is 11.3 Å². The fourth-order valence-electron chi connectivity index (χ4n) is 2.10. The summed E-state index contributed by atoms with van der Waals surface area (Å²) in [6.07, 6.45) is -0.402. The number of carbonyl (C=O) groups is 2. The molecule has 2 rings (SSSR count). The van der Waals surface area contributed by atoms with Crippen molar-refractivity contribution in [1.29, 1.82) is 0 Å². The SMILES string of the molecule is CCOC(=O)c1c(N)sc2c1CC(C(=O)OCC)OC2. The molecule has 110 valence electrons. The smallest absolute Gasteiger partial charge is 0.341 e. The van der Waals surface area contributed by atoms with Gasteiger partial charge in [-0.25, -0.2) is 9.59 Å². The number of nitrogens with two attached hydrogens (primary N) is 1. The molecule has 0 fully saturated rings. The lowest BCUT2D eigenvalue weighted by molar-refractivity contribution is -0.158. The minimum absolute atomic E-state index is 0.257. The average molecular weight is 299 g/mol. The number of rotatable bonds is 4. The summed E-state index contributed by atoms with van der Waals surface area (Å²) in [6, 6.07) is 0. The van der Waals surface area contributed by atoms with Crippen LogP contribution in [0, 0.1) is 0 Å². The molecule has 0 bridgehead atoms. The van der Waals surface area contributed by atoms with E-state index in [0.717, 1.165) is 10.4 Å². The number of ether oxygens (including phenoxy) is 3. The molecule has 0 saturated carbocycles. The van der Waals surface area contributed by atoms with Crippen LogP contribution >= 0.6 is 11.3 Å². The summed E-state index contributed by atoms with van der Waals surface area (Å²) >= 11 is 1.30. The molecule has 0 saturated heterocycles. The number of fused-ring (bicyclic) bond motifs is 1. The third-order valence-electron chi connectivity index (χ3n) is 2.95. The van der Waals surface area contributed by atoms with Gasteiger partial charge in [0.05, 0.1) is 25.4 Å². The zero-order valence-corrected chi connectivity index (χ0v) is 12.2. The van der Waals surface area contributed by atoms with Gasteiger partial charge in [-0.1, -0.05) is 0 Å². The Labute approximate surface area is 120 Å². The molecule has 7 heteroatoms. The minimum Gasteiger partial charge on any atom is -0.464 e. The Morgan fingerprint density at radius 1 is 1.35 bits per heavy atom. The Morgan fingerprint density at radius 3 is 2.70 bits per heavy atom. The molecule has 0 amide bonds. The van der Waals surface area contributed by atoms with Crippen LogP contribution in [0.25, 0.3) is 0 Å². The first-order chi connectivity index (χ1) is 9.58. The lowest BCUT2D eigenvalue weighted by atomic mass is 10.0. The number of thiophene rings is 1. The Hall–Kier alpha value is -1.60. The highest BCUT2D eigenvalue weighted by atomic mass is 32.1. The summed E-state index contributed by atoms with van der Waals surface area (Å²) < 4.78 is 15.4. The van der Waals surface area contributed by atoms with Gasteiger partial charge in [0.2, 0.25) is 0 Å². The standard InChI is InChI=1S/C13H17NO5S/c1-3-17-12(15)8-5-7-9(6-19-8)20-11(14)10(7)13(16)18-4-2/h8H,3-6,14H2,1-2H3. The van der Waals surface area contributed by atoms with Gasteiger partial charge in [-0.3, -0.25) is 0 Å². The van der Waals surface area contributed by atoms with E-state index in [1.807, 2.05) is 0 Å². The van der Waals surface area contributed by atoms with Gasteiger partial charge >= 0.3 is 11.9 Å². The van der Waals surface area contributed by atoms with Crippen molar-refractivity contribution < 1.29 is 23.8 Å². The summed E-state index contributed by atoms with van der Waals surface area (Å²) in [5.74, 6) is -0.871. The molecule has 6 nitrogen and oxygen atoms in total. The maximum atomic E-state index is 11.9. The second-order valence-corrected chi connectivity index (χ2v) is 5.36. The van der Waals surface area contributed by atoms with Gasteiger partial charge in [-0.2, -0.15) is 0 Å². The third-order valence-corrected chi connectivity index (χ3v) is 3.99. The molecular formula is C13H17NO5S. The third kappa shape index (κ3) is 2.78.